The minimum absolute atomic E-state index is 0.579. The Morgan fingerprint density at radius 3 is 3.05 bits per heavy atom. The minimum Gasteiger partial charge on any atom is -0.383 e. The number of ether oxygens (including phenoxy) is 1. The quantitative estimate of drug-likeness (QED) is 0.851. The predicted molar refractivity (Wildman–Crippen MR) is 74.8 cm³/mol. The summed E-state index contributed by atoms with van der Waals surface area (Å²) in [5.74, 6) is 1.79. The van der Waals surface area contributed by atoms with Crippen LogP contribution in [0.4, 0.5) is 11.6 Å². The third-order valence-corrected chi connectivity index (χ3v) is 3.41. The van der Waals surface area contributed by atoms with E-state index in [-0.39, 0.29) is 0 Å². The summed E-state index contributed by atoms with van der Waals surface area (Å²) in [6.45, 7) is 1.55. The largest absolute Gasteiger partial charge is 0.383 e. The summed E-state index contributed by atoms with van der Waals surface area (Å²) >= 11 is 0. The number of imidazole rings is 1. The highest BCUT2D eigenvalue weighted by Crippen LogP contribution is 2.32. The third kappa shape index (κ3) is 2.35. The van der Waals surface area contributed by atoms with E-state index >= 15 is 0 Å². The molecule has 1 fully saturated rings. The lowest BCUT2D eigenvalue weighted by Gasteiger charge is -2.24. The Bertz CT molecular complexity index is 563. The van der Waals surface area contributed by atoms with E-state index in [2.05, 4.69) is 20.2 Å². The summed E-state index contributed by atoms with van der Waals surface area (Å²) in [7, 11) is 3.61. The van der Waals surface area contributed by atoms with E-state index in [1.807, 2.05) is 23.8 Å². The summed E-state index contributed by atoms with van der Waals surface area (Å²) in [6, 6.07) is 0.579. The fourth-order valence-electron chi connectivity index (χ4n) is 2.27. The molecule has 2 aromatic heterocycles. The van der Waals surface area contributed by atoms with E-state index in [9.17, 15) is 0 Å². The lowest BCUT2D eigenvalue weighted by molar-refractivity contribution is 0.205. The fourth-order valence-corrected chi connectivity index (χ4v) is 2.27. The highest BCUT2D eigenvalue weighted by molar-refractivity contribution is 5.67. The van der Waals surface area contributed by atoms with E-state index in [1.165, 1.54) is 12.8 Å². The SMILES string of the molecule is CNc1cn2ccnc2c(N(CCOC)C2CC2)n1. The van der Waals surface area contributed by atoms with Crippen LogP contribution < -0.4 is 10.2 Å². The molecule has 0 spiro atoms. The van der Waals surface area contributed by atoms with Crippen molar-refractivity contribution in [1.29, 1.82) is 0 Å². The van der Waals surface area contributed by atoms with Crippen LogP contribution in [0, 0.1) is 0 Å². The Kier molecular flexibility index (Phi) is 3.25. The van der Waals surface area contributed by atoms with E-state index in [1.54, 1.807) is 13.3 Å². The molecule has 0 unspecified atom stereocenters. The molecule has 0 aromatic carbocycles. The van der Waals surface area contributed by atoms with Crippen molar-refractivity contribution in [2.24, 2.45) is 0 Å². The summed E-state index contributed by atoms with van der Waals surface area (Å²) in [6.07, 6.45) is 8.15. The second-order valence-corrected chi connectivity index (χ2v) is 4.78. The molecule has 0 aliphatic heterocycles. The van der Waals surface area contributed by atoms with Gasteiger partial charge in [0.15, 0.2) is 11.5 Å². The molecule has 1 saturated carbocycles. The molecule has 102 valence electrons. The fraction of sp³-hybridized carbons (Fsp3) is 0.538. The molecule has 2 aromatic rings. The Morgan fingerprint density at radius 2 is 2.37 bits per heavy atom. The van der Waals surface area contributed by atoms with Gasteiger partial charge in [-0.05, 0) is 12.8 Å². The third-order valence-electron chi connectivity index (χ3n) is 3.41. The van der Waals surface area contributed by atoms with Crippen LogP contribution in [0.25, 0.3) is 5.65 Å². The van der Waals surface area contributed by atoms with Gasteiger partial charge in [-0.25, -0.2) is 9.97 Å². The Hall–Kier alpha value is -1.82. The standard InChI is InChI=1S/C13H19N5O/c1-14-11-9-17-6-5-15-12(17)13(16-11)18(7-8-19-2)10-3-4-10/h5-6,9-10,14H,3-4,7-8H2,1-2H3. The van der Waals surface area contributed by atoms with Crippen molar-refractivity contribution in [2.45, 2.75) is 18.9 Å². The van der Waals surface area contributed by atoms with Crippen LogP contribution in [0.5, 0.6) is 0 Å². The van der Waals surface area contributed by atoms with Gasteiger partial charge in [0.2, 0.25) is 0 Å². The number of rotatable bonds is 6. The van der Waals surface area contributed by atoms with Gasteiger partial charge < -0.3 is 19.4 Å². The number of aromatic nitrogens is 3. The van der Waals surface area contributed by atoms with Gasteiger partial charge in [-0.3, -0.25) is 0 Å². The van der Waals surface area contributed by atoms with Crippen molar-refractivity contribution in [3.63, 3.8) is 0 Å². The number of nitrogens with zero attached hydrogens (tertiary/aromatic N) is 4. The van der Waals surface area contributed by atoms with E-state index in [4.69, 9.17) is 4.74 Å². The molecular formula is C13H19N5O. The molecule has 0 atom stereocenters. The van der Waals surface area contributed by atoms with E-state index in [0.29, 0.717) is 12.6 Å². The number of methoxy groups -OCH3 is 1. The molecule has 1 N–H and O–H groups in total. The van der Waals surface area contributed by atoms with Crippen molar-refractivity contribution in [3.05, 3.63) is 18.6 Å². The van der Waals surface area contributed by atoms with Gasteiger partial charge in [-0.15, -0.1) is 0 Å². The molecule has 6 nitrogen and oxygen atoms in total. The van der Waals surface area contributed by atoms with Gasteiger partial charge >= 0.3 is 0 Å². The highest BCUT2D eigenvalue weighted by Gasteiger charge is 2.31. The van der Waals surface area contributed by atoms with Crippen LogP contribution in [0.2, 0.25) is 0 Å². The van der Waals surface area contributed by atoms with Crippen molar-refractivity contribution in [1.82, 2.24) is 14.4 Å². The number of hydrogen-bond donors (Lipinski definition) is 1. The summed E-state index contributed by atoms with van der Waals surface area (Å²) < 4.78 is 7.22. The Labute approximate surface area is 112 Å². The second kappa shape index (κ2) is 5.05. The smallest absolute Gasteiger partial charge is 0.180 e. The lowest BCUT2D eigenvalue weighted by Crippen LogP contribution is -2.31. The Morgan fingerprint density at radius 1 is 1.53 bits per heavy atom. The van der Waals surface area contributed by atoms with Gasteiger partial charge in [0.1, 0.15) is 5.82 Å². The first-order valence-electron chi connectivity index (χ1n) is 6.60. The zero-order valence-corrected chi connectivity index (χ0v) is 11.3. The normalized spacial score (nSPS) is 14.8. The maximum absolute atomic E-state index is 5.21. The summed E-state index contributed by atoms with van der Waals surface area (Å²) in [5, 5.41) is 3.10. The number of fused-ring (bicyclic) bond motifs is 1. The molecule has 0 amide bonds. The van der Waals surface area contributed by atoms with Gasteiger partial charge in [0, 0.05) is 39.1 Å². The zero-order valence-electron chi connectivity index (χ0n) is 11.3. The van der Waals surface area contributed by atoms with E-state index < -0.39 is 0 Å². The first-order chi connectivity index (χ1) is 9.33. The molecule has 3 rings (SSSR count). The van der Waals surface area contributed by atoms with Crippen LogP contribution in [-0.2, 0) is 4.74 Å². The molecule has 1 aliphatic rings. The molecule has 1 aliphatic carbocycles. The zero-order chi connectivity index (χ0) is 13.2. The highest BCUT2D eigenvalue weighted by atomic mass is 16.5. The minimum atomic E-state index is 0.579. The number of hydrogen-bond acceptors (Lipinski definition) is 5. The van der Waals surface area contributed by atoms with Gasteiger partial charge in [0.25, 0.3) is 0 Å². The first-order valence-corrected chi connectivity index (χ1v) is 6.60. The second-order valence-electron chi connectivity index (χ2n) is 4.78. The van der Waals surface area contributed by atoms with Crippen LogP contribution in [0.15, 0.2) is 18.6 Å². The monoisotopic (exact) mass is 261 g/mol. The summed E-state index contributed by atoms with van der Waals surface area (Å²) in [5.41, 5.74) is 0.905. The van der Waals surface area contributed by atoms with Crippen molar-refractivity contribution < 1.29 is 4.74 Å². The van der Waals surface area contributed by atoms with Crippen molar-refractivity contribution in [3.8, 4) is 0 Å². The van der Waals surface area contributed by atoms with Crippen molar-refractivity contribution in [2.75, 3.05) is 37.5 Å². The van der Waals surface area contributed by atoms with Gasteiger partial charge in [-0.2, -0.15) is 0 Å². The van der Waals surface area contributed by atoms with Crippen molar-refractivity contribution >= 4 is 17.3 Å². The lowest BCUT2D eigenvalue weighted by atomic mass is 10.4. The van der Waals surface area contributed by atoms with Gasteiger partial charge in [-0.1, -0.05) is 0 Å². The summed E-state index contributed by atoms with van der Waals surface area (Å²) in [4.78, 5) is 11.4. The molecule has 0 bridgehead atoms. The molecular weight excluding hydrogens is 242 g/mol. The molecule has 19 heavy (non-hydrogen) atoms. The molecule has 6 heteroatoms. The van der Waals surface area contributed by atoms with Crippen LogP contribution in [-0.4, -0.2) is 47.7 Å². The average Bonchev–Trinajstić information content (AvgIpc) is 3.16. The first kappa shape index (κ1) is 12.2. The predicted octanol–water partition coefficient (Wildman–Crippen LogP) is 1.39. The van der Waals surface area contributed by atoms with E-state index in [0.717, 1.165) is 23.8 Å². The topological polar surface area (TPSA) is 54.7 Å². The number of anilines is 2. The molecule has 0 radical (unpaired) electrons. The van der Waals surface area contributed by atoms with Gasteiger partial charge in [0.05, 0.1) is 12.8 Å². The van der Waals surface area contributed by atoms with Crippen LogP contribution in [0.3, 0.4) is 0 Å². The maximum atomic E-state index is 5.21. The Balaban J connectivity index is 2.02. The van der Waals surface area contributed by atoms with Crippen LogP contribution >= 0.6 is 0 Å². The molecule has 0 saturated heterocycles. The maximum Gasteiger partial charge on any atom is 0.180 e. The number of nitrogens with one attached hydrogen (secondary N) is 1. The average molecular weight is 261 g/mol. The molecule has 2 heterocycles. The van der Waals surface area contributed by atoms with Crippen LogP contribution in [0.1, 0.15) is 12.8 Å².